The molecule has 1 unspecified atom stereocenters. The molecule has 1 spiro atoms. The Balaban J connectivity index is 1.49. The fraction of sp³-hybridized carbons (Fsp3) is 0.462. The minimum Gasteiger partial charge on any atom is -0.482 e. The predicted octanol–water partition coefficient (Wildman–Crippen LogP) is 5.43. The minimum absolute atomic E-state index is 0.0192. The number of fused-ring (bicyclic) bond motifs is 1. The zero-order chi connectivity index (χ0) is 43.6. The van der Waals surface area contributed by atoms with Crippen LogP contribution in [0.5, 0.6) is 5.75 Å². The van der Waals surface area contributed by atoms with Gasteiger partial charge in [0.25, 0.3) is 11.8 Å². The smallest absolute Gasteiger partial charge is 0.482 e. The Bertz CT molecular complexity index is 2100. The fourth-order valence-corrected chi connectivity index (χ4v) is 7.61. The van der Waals surface area contributed by atoms with E-state index < -0.39 is 98.1 Å². The zero-order valence-corrected chi connectivity index (χ0v) is 34.6. The van der Waals surface area contributed by atoms with E-state index in [4.69, 9.17) is 37.5 Å². The lowest BCUT2D eigenvalue weighted by atomic mass is 10.0. The van der Waals surface area contributed by atoms with E-state index in [1.54, 1.807) is 63.0 Å². The van der Waals surface area contributed by atoms with Crippen LogP contribution in [0.2, 0.25) is 0 Å². The summed E-state index contributed by atoms with van der Waals surface area (Å²) in [5.74, 6) is -3.77. The lowest BCUT2D eigenvalue weighted by Crippen LogP contribution is -2.70. The topological polar surface area (TPSA) is 200 Å². The maximum absolute atomic E-state index is 14.5. The maximum Gasteiger partial charge on any atom is 0.510 e. The first-order valence-electron chi connectivity index (χ1n) is 18.9. The molecule has 1 saturated heterocycles. The highest BCUT2D eigenvalue weighted by Crippen LogP contribution is 2.49. The Morgan fingerprint density at radius 1 is 0.950 bits per heavy atom. The van der Waals surface area contributed by atoms with Crippen LogP contribution in [-0.2, 0) is 50.4 Å². The normalized spacial score (nSPS) is 16.2. The molecule has 1 aromatic heterocycles. The van der Waals surface area contributed by atoms with Gasteiger partial charge in [0.1, 0.15) is 23.8 Å². The number of benzene rings is 2. The summed E-state index contributed by atoms with van der Waals surface area (Å²) >= 11 is 0. The van der Waals surface area contributed by atoms with Gasteiger partial charge in [-0.05, 0) is 45.7 Å². The number of hydrogen-bond donors (Lipinski definition) is 1. The fourth-order valence-electron chi connectivity index (χ4n) is 6.32. The number of carbonyl (C=O) groups is 4. The van der Waals surface area contributed by atoms with Gasteiger partial charge in [-0.15, -0.1) is 0 Å². The summed E-state index contributed by atoms with van der Waals surface area (Å²) in [6, 6.07) is 11.6. The van der Waals surface area contributed by atoms with Gasteiger partial charge in [0.05, 0.1) is 31.6 Å². The first kappa shape index (κ1) is 45.5. The maximum atomic E-state index is 14.5. The Labute approximate surface area is 344 Å². The molecule has 0 bridgehead atoms. The van der Waals surface area contributed by atoms with Crippen LogP contribution in [0.4, 0.5) is 18.4 Å². The van der Waals surface area contributed by atoms with Gasteiger partial charge in [-0.3, -0.25) is 37.7 Å². The molecule has 3 aromatic rings. The van der Waals surface area contributed by atoms with Crippen LogP contribution in [0.3, 0.4) is 0 Å². The largest absolute Gasteiger partial charge is 0.510 e. The lowest BCUT2D eigenvalue weighted by molar-refractivity contribution is -0.0303. The number of likely N-dealkylation sites (N-methyl/N-ethyl adjacent to an activating group) is 1. The summed E-state index contributed by atoms with van der Waals surface area (Å²) in [5.41, 5.74) is -2.27. The van der Waals surface area contributed by atoms with E-state index in [0.29, 0.717) is 11.6 Å². The van der Waals surface area contributed by atoms with Crippen LogP contribution in [0, 0.1) is 11.6 Å². The molecule has 1 fully saturated rings. The highest BCUT2D eigenvalue weighted by molar-refractivity contribution is 7.53. The standard InChI is InChI=1S/C39H47F2N4O14P/c1-25(2)58-37(49)54-23-56-60(51,57-24-55-38(50)59-26(3)4)17-9-15-45-39(14-16-52-22-39)43(5)36(48)32-34(53-21-27-10-7-6-8-11-27)33(46)30(20-44(32)45)35(47)42-19-28-12-13-29(40)18-31(28)41/h6-8,10-13,18,20,25-26H,9,14-17,19,21-24H2,1-5H3,(H,42,47). The summed E-state index contributed by atoms with van der Waals surface area (Å²) in [5, 5.41) is 4.14. The van der Waals surface area contributed by atoms with Crippen LogP contribution < -0.4 is 20.5 Å². The molecule has 1 atom stereocenters. The lowest BCUT2D eigenvalue weighted by Gasteiger charge is -2.52. The van der Waals surface area contributed by atoms with E-state index in [1.165, 1.54) is 16.6 Å². The van der Waals surface area contributed by atoms with Crippen LogP contribution in [0.25, 0.3) is 0 Å². The summed E-state index contributed by atoms with van der Waals surface area (Å²) in [6.45, 7) is 4.20. The summed E-state index contributed by atoms with van der Waals surface area (Å²) < 4.78 is 85.7. The van der Waals surface area contributed by atoms with Gasteiger partial charge in [-0.25, -0.2) is 18.4 Å². The molecule has 326 valence electrons. The van der Waals surface area contributed by atoms with Gasteiger partial charge < -0.3 is 38.6 Å². The number of aromatic nitrogens is 1. The molecule has 2 aliphatic rings. The van der Waals surface area contributed by atoms with Gasteiger partial charge in [0.2, 0.25) is 19.0 Å². The molecule has 0 saturated carbocycles. The molecule has 3 heterocycles. The summed E-state index contributed by atoms with van der Waals surface area (Å²) in [4.78, 5) is 67.6. The molecule has 0 radical (unpaired) electrons. The molecule has 2 aliphatic heterocycles. The quantitative estimate of drug-likeness (QED) is 0.0964. The predicted molar refractivity (Wildman–Crippen MR) is 207 cm³/mol. The number of nitrogens with zero attached hydrogens (tertiary/aromatic N) is 3. The van der Waals surface area contributed by atoms with Crippen molar-refractivity contribution in [3.63, 3.8) is 0 Å². The van der Waals surface area contributed by atoms with Gasteiger partial charge in [0, 0.05) is 44.4 Å². The minimum atomic E-state index is -4.26. The zero-order valence-electron chi connectivity index (χ0n) is 33.7. The Morgan fingerprint density at radius 3 is 2.18 bits per heavy atom. The van der Waals surface area contributed by atoms with Crippen molar-refractivity contribution in [2.75, 3.05) is 51.6 Å². The van der Waals surface area contributed by atoms with E-state index in [-0.39, 0.29) is 56.6 Å². The van der Waals surface area contributed by atoms with Crippen molar-refractivity contribution in [1.29, 1.82) is 0 Å². The van der Waals surface area contributed by atoms with Crippen LogP contribution in [0.15, 0.2) is 59.5 Å². The molecule has 21 heteroatoms. The van der Waals surface area contributed by atoms with E-state index in [2.05, 4.69) is 5.32 Å². The number of amides is 2. The number of carbonyl (C=O) groups excluding carboxylic acids is 4. The highest BCUT2D eigenvalue weighted by atomic mass is 31.2. The van der Waals surface area contributed by atoms with Crippen LogP contribution in [0.1, 0.15) is 72.5 Å². The second kappa shape index (κ2) is 20.1. The number of halogens is 2. The van der Waals surface area contributed by atoms with Crippen molar-refractivity contribution >= 4 is 31.7 Å². The number of ether oxygens (including phenoxy) is 6. The van der Waals surface area contributed by atoms with Crippen LogP contribution in [-0.4, -0.2) is 98.1 Å². The average molecular weight is 865 g/mol. The van der Waals surface area contributed by atoms with Gasteiger partial charge in [0.15, 0.2) is 17.1 Å². The molecular weight excluding hydrogens is 817 g/mol. The number of nitrogens with one attached hydrogen (secondary N) is 1. The van der Waals surface area contributed by atoms with Gasteiger partial charge in [-0.1, -0.05) is 36.4 Å². The SMILES string of the molecule is CC(C)OC(=O)OCOP(=O)(CCCN1n2cc(C(=O)NCc3ccc(F)cc3F)c(=O)c(OCc3ccccc3)c2C(=O)N(C)C12CCOC2)OCOC(=O)OC(C)C. The first-order valence-corrected chi connectivity index (χ1v) is 20.6. The number of rotatable bonds is 18. The molecule has 2 aromatic carbocycles. The third kappa shape index (κ3) is 11.2. The molecule has 18 nitrogen and oxygen atoms in total. The van der Waals surface area contributed by atoms with Crippen molar-refractivity contribution in [1.82, 2.24) is 14.9 Å². The van der Waals surface area contributed by atoms with Crippen LogP contribution >= 0.6 is 7.60 Å². The second-order valence-electron chi connectivity index (χ2n) is 14.2. The number of pyridine rings is 1. The molecule has 60 heavy (non-hydrogen) atoms. The summed E-state index contributed by atoms with van der Waals surface area (Å²) in [7, 11) is -2.74. The van der Waals surface area contributed by atoms with E-state index in [1.807, 2.05) is 0 Å². The molecule has 2 amide bonds. The molecule has 0 aliphatic carbocycles. The van der Waals surface area contributed by atoms with Gasteiger partial charge in [-0.2, -0.15) is 0 Å². The highest BCUT2D eigenvalue weighted by Gasteiger charge is 2.52. The Morgan fingerprint density at radius 2 is 1.60 bits per heavy atom. The third-order valence-electron chi connectivity index (χ3n) is 9.24. The van der Waals surface area contributed by atoms with Crippen molar-refractivity contribution in [3.8, 4) is 5.75 Å². The van der Waals surface area contributed by atoms with Crippen molar-refractivity contribution < 1.29 is 70.0 Å². The van der Waals surface area contributed by atoms with E-state index in [9.17, 15) is 37.3 Å². The average Bonchev–Trinajstić information content (AvgIpc) is 3.68. The van der Waals surface area contributed by atoms with Gasteiger partial charge >= 0.3 is 19.9 Å². The third-order valence-corrected chi connectivity index (χ3v) is 11.1. The summed E-state index contributed by atoms with van der Waals surface area (Å²) in [6.07, 6.45) is -2.26. The number of hydrogen-bond acceptors (Lipinski definition) is 15. The monoisotopic (exact) mass is 864 g/mol. The molecular formula is C39H47F2N4O14P. The Kier molecular flexibility index (Phi) is 15.3. The first-order chi connectivity index (χ1) is 28.5. The molecule has 1 N–H and O–H groups in total. The van der Waals surface area contributed by atoms with Crippen molar-refractivity contribution in [2.24, 2.45) is 0 Å². The van der Waals surface area contributed by atoms with E-state index in [0.717, 1.165) is 18.3 Å². The second-order valence-corrected chi connectivity index (χ2v) is 16.3. The Hall–Kier alpha value is -5.56. The van der Waals surface area contributed by atoms with Crippen molar-refractivity contribution in [3.05, 3.63) is 99.0 Å². The van der Waals surface area contributed by atoms with E-state index >= 15 is 0 Å². The van der Waals surface area contributed by atoms with Crippen molar-refractivity contribution in [2.45, 2.75) is 71.6 Å². The molecule has 5 rings (SSSR count).